The highest BCUT2D eigenvalue weighted by Gasteiger charge is 2.27. The largest absolute Gasteiger partial charge is 0.297 e. The molecule has 3 nitrogen and oxygen atoms in total. The van der Waals surface area contributed by atoms with E-state index in [1.54, 1.807) is 0 Å². The number of nitrogens with zero attached hydrogens (tertiary/aromatic N) is 3. The Morgan fingerprint density at radius 1 is 1.21 bits per heavy atom. The third-order valence-electron chi connectivity index (χ3n) is 4.12. The zero-order valence-electron chi connectivity index (χ0n) is 12.2. The Labute approximate surface area is 121 Å². The lowest BCUT2D eigenvalue weighted by molar-refractivity contribution is 0.206. The minimum atomic E-state index is 0.427. The van der Waals surface area contributed by atoms with E-state index in [1.165, 1.54) is 19.3 Å². The van der Waals surface area contributed by atoms with E-state index < -0.39 is 0 Å². The van der Waals surface area contributed by atoms with Gasteiger partial charge in [-0.05, 0) is 55.8 Å². The predicted octanol–water partition coefficient (Wildman–Crippen LogP) is 3.78. The first-order valence-electron chi connectivity index (χ1n) is 7.15. The molecule has 2 rings (SSSR count). The SMILES string of the molecule is CC(C)(C)C1CCCN(Cc2ccc(Cl)nn2)CC1. The molecule has 0 amide bonds. The van der Waals surface area contributed by atoms with Crippen LogP contribution in [-0.2, 0) is 6.54 Å². The van der Waals surface area contributed by atoms with Gasteiger partial charge in [-0.1, -0.05) is 32.4 Å². The summed E-state index contributed by atoms with van der Waals surface area (Å²) in [5.74, 6) is 0.828. The van der Waals surface area contributed by atoms with E-state index in [-0.39, 0.29) is 0 Å². The lowest BCUT2D eigenvalue weighted by Crippen LogP contribution is -2.26. The number of rotatable bonds is 2. The van der Waals surface area contributed by atoms with Gasteiger partial charge in [0.05, 0.1) is 5.69 Å². The summed E-state index contributed by atoms with van der Waals surface area (Å²) in [4.78, 5) is 2.49. The van der Waals surface area contributed by atoms with E-state index >= 15 is 0 Å². The lowest BCUT2D eigenvalue weighted by atomic mass is 9.77. The Morgan fingerprint density at radius 3 is 2.63 bits per heavy atom. The number of hydrogen-bond acceptors (Lipinski definition) is 3. The minimum absolute atomic E-state index is 0.427. The maximum absolute atomic E-state index is 5.76. The van der Waals surface area contributed by atoms with E-state index in [0.717, 1.165) is 31.2 Å². The van der Waals surface area contributed by atoms with Crippen LogP contribution < -0.4 is 0 Å². The van der Waals surface area contributed by atoms with Crippen molar-refractivity contribution in [2.24, 2.45) is 11.3 Å². The van der Waals surface area contributed by atoms with Crippen LogP contribution in [0, 0.1) is 11.3 Å². The average Bonchev–Trinajstić information content (AvgIpc) is 2.57. The molecule has 0 aromatic carbocycles. The minimum Gasteiger partial charge on any atom is -0.297 e. The molecule has 1 unspecified atom stereocenters. The summed E-state index contributed by atoms with van der Waals surface area (Å²) in [5, 5.41) is 8.52. The predicted molar refractivity (Wildman–Crippen MR) is 79.1 cm³/mol. The second-order valence-corrected chi connectivity index (χ2v) is 7.00. The smallest absolute Gasteiger partial charge is 0.151 e. The highest BCUT2D eigenvalue weighted by Crippen LogP contribution is 2.34. The van der Waals surface area contributed by atoms with Crippen LogP contribution in [-0.4, -0.2) is 28.2 Å². The number of likely N-dealkylation sites (tertiary alicyclic amines) is 1. The fraction of sp³-hybridized carbons (Fsp3) is 0.733. The molecule has 4 heteroatoms. The zero-order chi connectivity index (χ0) is 13.9. The van der Waals surface area contributed by atoms with Gasteiger partial charge >= 0.3 is 0 Å². The summed E-state index contributed by atoms with van der Waals surface area (Å²) < 4.78 is 0. The van der Waals surface area contributed by atoms with Crippen LogP contribution in [0.3, 0.4) is 0 Å². The number of hydrogen-bond donors (Lipinski definition) is 0. The van der Waals surface area contributed by atoms with Crippen LogP contribution in [0.2, 0.25) is 5.15 Å². The monoisotopic (exact) mass is 281 g/mol. The molecule has 0 radical (unpaired) electrons. The van der Waals surface area contributed by atoms with Crippen molar-refractivity contribution in [3.8, 4) is 0 Å². The van der Waals surface area contributed by atoms with E-state index in [1.807, 2.05) is 12.1 Å². The molecule has 2 heterocycles. The summed E-state index contributed by atoms with van der Waals surface area (Å²) in [6.07, 6.45) is 3.90. The van der Waals surface area contributed by atoms with Crippen molar-refractivity contribution < 1.29 is 0 Å². The first-order valence-corrected chi connectivity index (χ1v) is 7.53. The fourth-order valence-electron chi connectivity index (χ4n) is 2.84. The zero-order valence-corrected chi connectivity index (χ0v) is 13.0. The van der Waals surface area contributed by atoms with Crippen LogP contribution in [0.25, 0.3) is 0 Å². The van der Waals surface area contributed by atoms with Crippen LogP contribution in [0.1, 0.15) is 45.7 Å². The van der Waals surface area contributed by atoms with Crippen LogP contribution in [0.4, 0.5) is 0 Å². The fourth-order valence-corrected chi connectivity index (χ4v) is 2.94. The second-order valence-electron chi connectivity index (χ2n) is 6.62. The molecule has 0 spiro atoms. The molecule has 0 saturated carbocycles. The molecule has 1 atom stereocenters. The molecule has 1 aromatic rings. The number of halogens is 1. The lowest BCUT2D eigenvalue weighted by Gasteiger charge is -2.29. The first kappa shape index (κ1) is 14.7. The third-order valence-corrected chi connectivity index (χ3v) is 4.32. The summed E-state index contributed by atoms with van der Waals surface area (Å²) >= 11 is 5.76. The molecule has 1 saturated heterocycles. The molecule has 1 aliphatic heterocycles. The van der Waals surface area contributed by atoms with E-state index in [9.17, 15) is 0 Å². The van der Waals surface area contributed by atoms with Gasteiger partial charge in [0.1, 0.15) is 0 Å². The highest BCUT2D eigenvalue weighted by molar-refractivity contribution is 6.29. The van der Waals surface area contributed by atoms with Gasteiger partial charge < -0.3 is 0 Å². The van der Waals surface area contributed by atoms with Crippen LogP contribution in [0.5, 0.6) is 0 Å². The van der Waals surface area contributed by atoms with Crippen molar-refractivity contribution >= 4 is 11.6 Å². The van der Waals surface area contributed by atoms with Crippen molar-refractivity contribution in [1.82, 2.24) is 15.1 Å². The quantitative estimate of drug-likeness (QED) is 0.826. The summed E-state index contributed by atoms with van der Waals surface area (Å²) in [6.45, 7) is 10.3. The molecule has 0 N–H and O–H groups in total. The maximum Gasteiger partial charge on any atom is 0.151 e. The molecule has 0 bridgehead atoms. The molecular weight excluding hydrogens is 258 g/mol. The molecule has 1 fully saturated rings. The average molecular weight is 282 g/mol. The van der Waals surface area contributed by atoms with Crippen molar-refractivity contribution in [2.75, 3.05) is 13.1 Å². The molecule has 19 heavy (non-hydrogen) atoms. The topological polar surface area (TPSA) is 29.0 Å². The summed E-state index contributed by atoms with van der Waals surface area (Å²) in [7, 11) is 0. The van der Waals surface area contributed by atoms with Gasteiger partial charge in [-0.3, -0.25) is 4.90 Å². The molecule has 0 aliphatic carbocycles. The van der Waals surface area contributed by atoms with Gasteiger partial charge in [0, 0.05) is 6.54 Å². The Hall–Kier alpha value is -0.670. The highest BCUT2D eigenvalue weighted by atomic mass is 35.5. The van der Waals surface area contributed by atoms with Gasteiger partial charge in [0.2, 0.25) is 0 Å². The Kier molecular flexibility index (Phi) is 4.80. The van der Waals surface area contributed by atoms with Crippen molar-refractivity contribution in [1.29, 1.82) is 0 Å². The van der Waals surface area contributed by atoms with Gasteiger partial charge in [0.15, 0.2) is 5.15 Å². The van der Waals surface area contributed by atoms with E-state index in [4.69, 9.17) is 11.6 Å². The second kappa shape index (κ2) is 6.19. The van der Waals surface area contributed by atoms with Crippen molar-refractivity contribution in [3.63, 3.8) is 0 Å². The van der Waals surface area contributed by atoms with Crippen LogP contribution >= 0.6 is 11.6 Å². The Balaban J connectivity index is 1.91. The van der Waals surface area contributed by atoms with Gasteiger partial charge in [-0.25, -0.2) is 0 Å². The van der Waals surface area contributed by atoms with Gasteiger partial charge in [0.25, 0.3) is 0 Å². The normalized spacial score (nSPS) is 22.2. The molecule has 106 valence electrons. The third kappa shape index (κ3) is 4.43. The first-order chi connectivity index (χ1) is 8.95. The maximum atomic E-state index is 5.76. The molecule has 1 aromatic heterocycles. The van der Waals surface area contributed by atoms with E-state index in [0.29, 0.717) is 10.6 Å². The molecular formula is C15H24ClN3. The summed E-state index contributed by atoms with van der Waals surface area (Å²) in [6, 6.07) is 3.79. The van der Waals surface area contributed by atoms with Crippen molar-refractivity contribution in [3.05, 3.63) is 23.0 Å². The van der Waals surface area contributed by atoms with E-state index in [2.05, 4.69) is 35.9 Å². The Morgan fingerprint density at radius 2 is 2.00 bits per heavy atom. The van der Waals surface area contributed by atoms with Gasteiger partial charge in [-0.15, -0.1) is 5.10 Å². The standard InChI is InChI=1S/C15H24ClN3/c1-15(2,3)12-5-4-9-19(10-8-12)11-13-6-7-14(16)18-17-13/h6-7,12H,4-5,8-11H2,1-3H3. The Bertz CT molecular complexity index is 397. The summed E-state index contributed by atoms with van der Waals surface area (Å²) in [5.41, 5.74) is 1.44. The van der Waals surface area contributed by atoms with Gasteiger partial charge in [-0.2, -0.15) is 5.10 Å². The van der Waals surface area contributed by atoms with Crippen LogP contribution in [0.15, 0.2) is 12.1 Å². The number of aromatic nitrogens is 2. The molecule has 1 aliphatic rings. The van der Waals surface area contributed by atoms with Crippen molar-refractivity contribution in [2.45, 2.75) is 46.6 Å².